The van der Waals surface area contributed by atoms with Crippen LogP contribution < -0.4 is 0 Å². The van der Waals surface area contributed by atoms with Gasteiger partial charge >= 0.3 is 6.09 Å². The Labute approximate surface area is 95.6 Å². The molecule has 1 amide bonds. The molecule has 1 N–H and O–H groups in total. The molecule has 0 saturated carbocycles. The van der Waals surface area contributed by atoms with Crippen molar-refractivity contribution in [2.75, 3.05) is 6.61 Å². The summed E-state index contributed by atoms with van der Waals surface area (Å²) in [7, 11) is 0. The second-order valence-electron chi connectivity index (χ2n) is 4.75. The Morgan fingerprint density at radius 1 is 1.50 bits per heavy atom. The molecule has 0 aromatic heterocycles. The Bertz CT molecular complexity index is 282. The molecule has 0 aromatic rings. The van der Waals surface area contributed by atoms with E-state index in [4.69, 9.17) is 14.7 Å². The monoisotopic (exact) mass is 229 g/mol. The van der Waals surface area contributed by atoms with Crippen molar-refractivity contribution in [3.05, 3.63) is 12.2 Å². The number of nitrogens with zero attached hydrogens (tertiary/aromatic N) is 1. The molecule has 0 aromatic carbocycles. The standard InChI is InChI=1S/C11H19NO4/c1-8-5-6-9(7-13)12(16-8)10(14)15-11(2,3)4/h5-6,8-9,13H,7H2,1-4H3/t8-,9-/m1/s1. The molecule has 0 bridgehead atoms. The van der Waals surface area contributed by atoms with E-state index in [0.717, 1.165) is 5.06 Å². The first-order valence-electron chi connectivity index (χ1n) is 5.31. The lowest BCUT2D eigenvalue weighted by molar-refractivity contribution is -0.191. The largest absolute Gasteiger partial charge is 0.442 e. The zero-order chi connectivity index (χ0) is 12.3. The van der Waals surface area contributed by atoms with Crippen molar-refractivity contribution in [1.82, 2.24) is 5.06 Å². The van der Waals surface area contributed by atoms with E-state index >= 15 is 0 Å². The topological polar surface area (TPSA) is 59.0 Å². The lowest BCUT2D eigenvalue weighted by Crippen LogP contribution is -2.47. The van der Waals surface area contributed by atoms with Crippen LogP contribution in [0.2, 0.25) is 0 Å². The number of carbonyl (C=O) groups is 1. The number of amides is 1. The van der Waals surface area contributed by atoms with Crippen LogP contribution in [0, 0.1) is 0 Å². The van der Waals surface area contributed by atoms with Gasteiger partial charge in [0, 0.05) is 0 Å². The predicted molar refractivity (Wildman–Crippen MR) is 58.6 cm³/mol. The Morgan fingerprint density at radius 2 is 2.12 bits per heavy atom. The van der Waals surface area contributed by atoms with Crippen LogP contribution in [0.25, 0.3) is 0 Å². The number of ether oxygens (including phenoxy) is 1. The van der Waals surface area contributed by atoms with Crippen LogP contribution in [0.4, 0.5) is 4.79 Å². The number of hydrogen-bond donors (Lipinski definition) is 1. The van der Waals surface area contributed by atoms with E-state index < -0.39 is 17.7 Å². The maximum absolute atomic E-state index is 11.8. The molecule has 0 radical (unpaired) electrons. The molecule has 1 aliphatic rings. The van der Waals surface area contributed by atoms with Gasteiger partial charge in [0.2, 0.25) is 0 Å². The van der Waals surface area contributed by atoms with Crippen molar-refractivity contribution < 1.29 is 19.5 Å². The average Bonchev–Trinajstić information content (AvgIpc) is 2.15. The number of hydroxylamine groups is 2. The first kappa shape index (κ1) is 13.0. The van der Waals surface area contributed by atoms with Gasteiger partial charge in [0.1, 0.15) is 17.7 Å². The molecule has 1 heterocycles. The van der Waals surface area contributed by atoms with Crippen LogP contribution in [-0.4, -0.2) is 40.6 Å². The Morgan fingerprint density at radius 3 is 2.62 bits per heavy atom. The molecule has 16 heavy (non-hydrogen) atoms. The third kappa shape index (κ3) is 3.50. The molecule has 2 atom stereocenters. The summed E-state index contributed by atoms with van der Waals surface area (Å²) in [5.41, 5.74) is -0.579. The van der Waals surface area contributed by atoms with Crippen LogP contribution in [0.5, 0.6) is 0 Å². The third-order valence-corrected chi connectivity index (χ3v) is 1.95. The predicted octanol–water partition coefficient (Wildman–Crippen LogP) is 1.47. The van der Waals surface area contributed by atoms with E-state index in [0.29, 0.717) is 0 Å². The van der Waals surface area contributed by atoms with Gasteiger partial charge in [-0.15, -0.1) is 0 Å². The van der Waals surface area contributed by atoms with E-state index in [-0.39, 0.29) is 12.7 Å². The van der Waals surface area contributed by atoms with Crippen molar-refractivity contribution in [3.63, 3.8) is 0 Å². The van der Waals surface area contributed by atoms with Crippen molar-refractivity contribution in [1.29, 1.82) is 0 Å². The molecule has 92 valence electrons. The molecular weight excluding hydrogens is 210 g/mol. The summed E-state index contributed by atoms with van der Waals surface area (Å²) in [6.07, 6.45) is 2.75. The molecule has 0 fully saturated rings. The maximum Gasteiger partial charge on any atom is 0.435 e. The molecule has 1 rings (SSSR count). The van der Waals surface area contributed by atoms with Gasteiger partial charge in [-0.25, -0.2) is 4.79 Å². The minimum Gasteiger partial charge on any atom is -0.442 e. The van der Waals surface area contributed by atoms with E-state index in [1.54, 1.807) is 32.9 Å². The fraction of sp³-hybridized carbons (Fsp3) is 0.727. The first-order valence-corrected chi connectivity index (χ1v) is 5.31. The van der Waals surface area contributed by atoms with E-state index in [1.165, 1.54) is 0 Å². The van der Waals surface area contributed by atoms with Crippen LogP contribution in [-0.2, 0) is 9.57 Å². The second kappa shape index (κ2) is 4.84. The average molecular weight is 229 g/mol. The van der Waals surface area contributed by atoms with Gasteiger partial charge in [0.25, 0.3) is 0 Å². The van der Waals surface area contributed by atoms with Gasteiger partial charge in [-0.1, -0.05) is 12.2 Å². The summed E-state index contributed by atoms with van der Waals surface area (Å²) in [6.45, 7) is 6.95. The number of hydrogen-bond acceptors (Lipinski definition) is 4. The van der Waals surface area contributed by atoms with Gasteiger partial charge in [-0.2, -0.15) is 5.06 Å². The highest BCUT2D eigenvalue weighted by Gasteiger charge is 2.31. The van der Waals surface area contributed by atoms with Gasteiger partial charge < -0.3 is 9.84 Å². The Kier molecular flexibility index (Phi) is 3.93. The minimum atomic E-state index is -0.581. The van der Waals surface area contributed by atoms with E-state index in [2.05, 4.69) is 0 Å². The summed E-state index contributed by atoms with van der Waals surface area (Å²) in [6, 6.07) is -0.481. The van der Waals surface area contributed by atoms with Crippen molar-refractivity contribution in [2.45, 2.75) is 45.4 Å². The Balaban J connectivity index is 2.70. The Hall–Kier alpha value is -1.07. The highest BCUT2D eigenvalue weighted by Crippen LogP contribution is 2.17. The molecule has 5 heteroatoms. The van der Waals surface area contributed by atoms with Crippen molar-refractivity contribution >= 4 is 6.09 Å². The highest BCUT2D eigenvalue weighted by atomic mass is 16.7. The van der Waals surface area contributed by atoms with Crippen LogP contribution in [0.1, 0.15) is 27.7 Å². The number of carbonyl (C=O) groups excluding carboxylic acids is 1. The van der Waals surface area contributed by atoms with E-state index in [1.807, 2.05) is 6.92 Å². The zero-order valence-corrected chi connectivity index (χ0v) is 10.1. The van der Waals surface area contributed by atoms with Gasteiger partial charge in [-0.3, -0.25) is 4.84 Å². The molecular formula is C11H19NO4. The molecule has 0 saturated heterocycles. The fourth-order valence-electron chi connectivity index (χ4n) is 1.28. The molecule has 0 spiro atoms. The summed E-state index contributed by atoms with van der Waals surface area (Å²) < 4.78 is 5.17. The smallest absolute Gasteiger partial charge is 0.435 e. The maximum atomic E-state index is 11.8. The van der Waals surface area contributed by atoms with E-state index in [9.17, 15) is 4.79 Å². The van der Waals surface area contributed by atoms with Crippen LogP contribution in [0.3, 0.4) is 0 Å². The fourth-order valence-corrected chi connectivity index (χ4v) is 1.28. The summed E-state index contributed by atoms with van der Waals surface area (Å²) in [4.78, 5) is 17.1. The summed E-state index contributed by atoms with van der Waals surface area (Å²) in [5.74, 6) is 0. The van der Waals surface area contributed by atoms with Crippen LogP contribution in [0.15, 0.2) is 12.2 Å². The third-order valence-electron chi connectivity index (χ3n) is 1.95. The second-order valence-corrected chi connectivity index (χ2v) is 4.75. The molecule has 0 aliphatic carbocycles. The quantitative estimate of drug-likeness (QED) is 0.692. The number of aliphatic hydroxyl groups excluding tert-OH is 1. The van der Waals surface area contributed by atoms with Gasteiger partial charge in [0.05, 0.1) is 6.61 Å². The van der Waals surface area contributed by atoms with Crippen molar-refractivity contribution in [3.8, 4) is 0 Å². The molecule has 1 aliphatic heterocycles. The lowest BCUT2D eigenvalue weighted by Gasteiger charge is -2.34. The lowest BCUT2D eigenvalue weighted by atomic mass is 10.2. The number of aliphatic hydroxyl groups is 1. The normalized spacial score (nSPS) is 25.7. The SMILES string of the molecule is C[C@@H]1C=C[C@H](CO)N(C(=O)OC(C)(C)C)O1. The van der Waals surface area contributed by atoms with Crippen LogP contribution >= 0.6 is 0 Å². The van der Waals surface area contributed by atoms with Crippen molar-refractivity contribution in [2.24, 2.45) is 0 Å². The summed E-state index contributed by atoms with van der Waals surface area (Å²) >= 11 is 0. The minimum absolute atomic E-state index is 0.192. The highest BCUT2D eigenvalue weighted by molar-refractivity contribution is 5.67. The molecule has 5 nitrogen and oxygen atoms in total. The van der Waals surface area contributed by atoms with Gasteiger partial charge in [0.15, 0.2) is 0 Å². The molecule has 0 unspecified atom stereocenters. The number of rotatable bonds is 1. The van der Waals surface area contributed by atoms with Gasteiger partial charge in [-0.05, 0) is 27.7 Å². The summed E-state index contributed by atoms with van der Waals surface area (Å²) in [5, 5.41) is 10.2. The first-order chi connectivity index (χ1) is 7.33. The zero-order valence-electron chi connectivity index (χ0n) is 10.1.